The molecule has 5 saturated carbocycles. The second-order valence-corrected chi connectivity index (χ2v) is 14.1. The van der Waals surface area contributed by atoms with Gasteiger partial charge in [-0.2, -0.15) is 0 Å². The molecule has 0 amide bonds. The molecule has 238 valence electrons. The van der Waals surface area contributed by atoms with Crippen LogP contribution in [0.4, 0.5) is 0 Å². The zero-order valence-electron chi connectivity index (χ0n) is 26.2. The highest BCUT2D eigenvalue weighted by molar-refractivity contribution is 5.89. The van der Waals surface area contributed by atoms with Crippen LogP contribution in [0.15, 0.2) is 24.3 Å². The molecule has 6 aliphatic rings. The van der Waals surface area contributed by atoms with Crippen molar-refractivity contribution in [2.45, 2.75) is 74.3 Å². The number of carbonyl (C=O) groups is 1. The van der Waals surface area contributed by atoms with E-state index in [1.807, 2.05) is 0 Å². The summed E-state index contributed by atoms with van der Waals surface area (Å²) in [5, 5.41) is 25.8. The van der Waals surface area contributed by atoms with Crippen molar-refractivity contribution in [3.63, 3.8) is 0 Å². The third-order valence-electron chi connectivity index (χ3n) is 13.0. The van der Waals surface area contributed by atoms with Gasteiger partial charge in [0.15, 0.2) is 0 Å². The molecule has 1 heterocycles. The van der Waals surface area contributed by atoms with Gasteiger partial charge in [-0.1, -0.05) is 6.92 Å². The van der Waals surface area contributed by atoms with Crippen molar-refractivity contribution in [1.29, 1.82) is 0 Å². The number of ether oxygens (including phenoxy) is 6. The number of carbonyl (C=O) groups excluding carboxylic acids is 1. The van der Waals surface area contributed by atoms with Crippen molar-refractivity contribution in [3.8, 4) is 5.75 Å². The first-order valence-electron chi connectivity index (χ1n) is 15.8. The molecule has 1 saturated heterocycles. The third-order valence-corrected chi connectivity index (χ3v) is 13.0. The van der Waals surface area contributed by atoms with Crippen LogP contribution in [-0.2, 0) is 23.7 Å². The van der Waals surface area contributed by atoms with Gasteiger partial charge in [0.2, 0.25) is 0 Å². The van der Waals surface area contributed by atoms with Crippen molar-refractivity contribution >= 4 is 5.97 Å². The normalized spacial score (nSPS) is 49.2. The van der Waals surface area contributed by atoms with E-state index in [0.29, 0.717) is 24.3 Å². The summed E-state index contributed by atoms with van der Waals surface area (Å²) in [5.74, 6) is -0.864. The second-order valence-electron chi connectivity index (χ2n) is 14.1. The van der Waals surface area contributed by atoms with Crippen LogP contribution in [0.2, 0.25) is 0 Å². The number of aliphatic hydroxyl groups is 2. The fourth-order valence-corrected chi connectivity index (χ4v) is 12.0. The lowest BCUT2D eigenvalue weighted by atomic mass is 9.43. The van der Waals surface area contributed by atoms with Crippen LogP contribution in [0.1, 0.15) is 43.0 Å². The van der Waals surface area contributed by atoms with Crippen molar-refractivity contribution in [3.05, 3.63) is 29.8 Å². The Hall–Kier alpha value is -1.79. The lowest BCUT2D eigenvalue weighted by molar-refractivity contribution is -0.283. The molecule has 10 nitrogen and oxygen atoms in total. The molecule has 1 aromatic carbocycles. The summed E-state index contributed by atoms with van der Waals surface area (Å²) in [7, 11) is 8.46. The molecule has 43 heavy (non-hydrogen) atoms. The molecule has 1 spiro atoms. The molecule has 7 rings (SSSR count). The number of piperidine rings is 1. The summed E-state index contributed by atoms with van der Waals surface area (Å²) in [6.07, 6.45) is 0.328. The van der Waals surface area contributed by atoms with Crippen LogP contribution in [0.5, 0.6) is 5.75 Å². The number of methoxy groups -OCH3 is 5. The van der Waals surface area contributed by atoms with Gasteiger partial charge in [0, 0.05) is 76.0 Å². The minimum Gasteiger partial charge on any atom is -0.497 e. The molecular formula is C33H47NO9. The number of hydrogen-bond acceptors (Lipinski definition) is 10. The Morgan fingerprint density at radius 1 is 0.953 bits per heavy atom. The fraction of sp³-hybridized carbons (Fsp3) is 0.788. The first kappa shape index (κ1) is 29.9. The molecule has 1 aromatic rings. The van der Waals surface area contributed by atoms with E-state index in [9.17, 15) is 15.0 Å². The highest BCUT2D eigenvalue weighted by Crippen LogP contribution is 2.80. The Kier molecular flexibility index (Phi) is 7.03. The highest BCUT2D eigenvalue weighted by atomic mass is 16.6. The number of benzene rings is 1. The average molecular weight is 602 g/mol. The lowest BCUT2D eigenvalue weighted by Gasteiger charge is -2.69. The van der Waals surface area contributed by atoms with E-state index < -0.39 is 40.7 Å². The molecule has 1 aliphatic heterocycles. The molecule has 7 bridgehead atoms. The number of fused-ring (bicyclic) bond motifs is 2. The van der Waals surface area contributed by atoms with Crippen LogP contribution in [0.25, 0.3) is 0 Å². The Labute approximate surface area is 253 Å². The topological polar surface area (TPSA) is 116 Å². The Balaban J connectivity index is 1.41. The van der Waals surface area contributed by atoms with Crippen molar-refractivity contribution < 1.29 is 43.4 Å². The third kappa shape index (κ3) is 3.52. The second kappa shape index (κ2) is 10.1. The SMILES string of the molecule is CCN1C[C@]2(COC)CC[C@H](OC)[C@@]34[C@@H]5C[C@@]6(O)[C@@H](OC)C[C@](O)([C@H]([C@H](OC)[C@H]23)[C@@H]14)[C@H]5[C@H]6OC(=O)c1ccc(OC)cc1. The summed E-state index contributed by atoms with van der Waals surface area (Å²) in [6, 6.07) is 6.72. The standard InChI is InChI=1S/C33H47NO9/c1-7-34-16-30(17-38-2)13-12-21(40-4)33-20-14-31(36)22(41-5)15-32(37,24(27(33)34)25(42-6)26(30)33)23(20)28(31)43-29(35)18-8-10-19(39-3)11-9-18/h8-11,20-28,36-37H,7,12-17H2,1-6H3/t20-,21+,22+,23-,24-,25+,26-,27-,28-,30+,31-,32-,33+/m1/s1. The van der Waals surface area contributed by atoms with Crippen molar-refractivity contribution in [2.75, 3.05) is 55.2 Å². The molecule has 6 fully saturated rings. The molecular weight excluding hydrogens is 554 g/mol. The van der Waals surface area contributed by atoms with Crippen LogP contribution in [0, 0.1) is 34.5 Å². The molecule has 13 atom stereocenters. The van der Waals surface area contributed by atoms with Crippen molar-refractivity contribution in [1.82, 2.24) is 4.90 Å². The first-order chi connectivity index (χ1) is 20.6. The number of esters is 1. The van der Waals surface area contributed by atoms with Crippen LogP contribution in [-0.4, -0.2) is 118 Å². The summed E-state index contributed by atoms with van der Waals surface area (Å²) in [5.41, 5.74) is -3.05. The predicted octanol–water partition coefficient (Wildman–Crippen LogP) is 2.14. The number of hydrogen-bond donors (Lipinski definition) is 2. The molecule has 2 N–H and O–H groups in total. The Bertz CT molecular complexity index is 1250. The fourth-order valence-electron chi connectivity index (χ4n) is 12.0. The smallest absolute Gasteiger partial charge is 0.338 e. The van der Waals surface area contributed by atoms with E-state index in [-0.39, 0.29) is 47.8 Å². The quantitative estimate of drug-likeness (QED) is 0.408. The monoisotopic (exact) mass is 601 g/mol. The van der Waals surface area contributed by atoms with Gasteiger partial charge in [-0.05, 0) is 56.0 Å². The van der Waals surface area contributed by atoms with Gasteiger partial charge in [0.1, 0.15) is 17.5 Å². The first-order valence-corrected chi connectivity index (χ1v) is 15.8. The molecule has 0 radical (unpaired) electrons. The Morgan fingerprint density at radius 2 is 1.67 bits per heavy atom. The van der Waals surface area contributed by atoms with Crippen LogP contribution >= 0.6 is 0 Å². The molecule has 0 aromatic heterocycles. The van der Waals surface area contributed by atoms with Gasteiger partial charge in [0.25, 0.3) is 0 Å². The van der Waals surface area contributed by atoms with E-state index in [0.717, 1.165) is 25.9 Å². The van der Waals surface area contributed by atoms with Crippen LogP contribution < -0.4 is 4.74 Å². The highest BCUT2D eigenvalue weighted by Gasteiger charge is 2.88. The summed E-state index contributed by atoms with van der Waals surface area (Å²) in [6.45, 7) is 4.45. The summed E-state index contributed by atoms with van der Waals surface area (Å²) < 4.78 is 36.5. The van der Waals surface area contributed by atoms with Crippen LogP contribution in [0.3, 0.4) is 0 Å². The summed E-state index contributed by atoms with van der Waals surface area (Å²) in [4.78, 5) is 16.2. The Morgan fingerprint density at radius 3 is 2.28 bits per heavy atom. The van der Waals surface area contributed by atoms with Gasteiger partial charge in [-0.25, -0.2) is 4.79 Å². The average Bonchev–Trinajstić information content (AvgIpc) is 3.40. The number of nitrogens with zero attached hydrogens (tertiary/aromatic N) is 1. The molecule has 10 heteroatoms. The maximum atomic E-state index is 13.7. The van der Waals surface area contributed by atoms with Gasteiger partial charge >= 0.3 is 5.97 Å². The number of likely N-dealkylation sites (tertiary alicyclic amines) is 1. The summed E-state index contributed by atoms with van der Waals surface area (Å²) >= 11 is 0. The van der Waals surface area contributed by atoms with Gasteiger partial charge in [-0.3, -0.25) is 4.90 Å². The van der Waals surface area contributed by atoms with E-state index in [1.165, 1.54) is 0 Å². The minimum atomic E-state index is -1.47. The zero-order valence-corrected chi connectivity index (χ0v) is 26.2. The van der Waals surface area contributed by atoms with E-state index in [1.54, 1.807) is 59.8 Å². The predicted molar refractivity (Wildman–Crippen MR) is 155 cm³/mol. The molecule has 0 unspecified atom stereocenters. The number of rotatable bonds is 9. The van der Waals surface area contributed by atoms with E-state index in [4.69, 9.17) is 28.4 Å². The van der Waals surface area contributed by atoms with E-state index >= 15 is 0 Å². The maximum Gasteiger partial charge on any atom is 0.338 e. The largest absolute Gasteiger partial charge is 0.497 e. The van der Waals surface area contributed by atoms with E-state index in [2.05, 4.69) is 11.8 Å². The minimum absolute atomic E-state index is 0.0233. The lowest BCUT2D eigenvalue weighted by Crippen LogP contribution is -2.77. The molecule has 5 aliphatic carbocycles. The van der Waals surface area contributed by atoms with Gasteiger partial charge < -0.3 is 38.6 Å². The van der Waals surface area contributed by atoms with Gasteiger partial charge in [-0.15, -0.1) is 0 Å². The zero-order chi connectivity index (χ0) is 30.5. The maximum absolute atomic E-state index is 13.7. The van der Waals surface area contributed by atoms with Gasteiger partial charge in [0.05, 0.1) is 43.2 Å². The van der Waals surface area contributed by atoms with Crippen molar-refractivity contribution in [2.24, 2.45) is 34.5 Å².